The highest BCUT2D eigenvalue weighted by Gasteiger charge is 2.25. The predicted octanol–water partition coefficient (Wildman–Crippen LogP) is 2.18. The predicted molar refractivity (Wildman–Crippen MR) is 97.7 cm³/mol. The summed E-state index contributed by atoms with van der Waals surface area (Å²) in [6, 6.07) is 0. The van der Waals surface area contributed by atoms with Gasteiger partial charge in [0, 0.05) is 20.8 Å². The average molecular weight is 416 g/mol. The molecule has 0 atom stereocenters. The van der Waals surface area contributed by atoms with E-state index in [9.17, 15) is 19.2 Å². The lowest BCUT2D eigenvalue weighted by atomic mass is 9.88. The summed E-state index contributed by atoms with van der Waals surface area (Å²) in [4.78, 5) is 55.0. The number of rotatable bonds is 4. The molecule has 0 radical (unpaired) electrons. The first kappa shape index (κ1) is 27.9. The molecule has 0 amide bonds. The highest BCUT2D eigenvalue weighted by molar-refractivity contribution is 6.04. The minimum Gasteiger partial charge on any atom is -0.481 e. The molecule has 0 saturated heterocycles. The van der Waals surface area contributed by atoms with Crippen molar-refractivity contribution in [3.63, 3.8) is 0 Å². The second kappa shape index (κ2) is 13.0. The second-order valence-corrected chi connectivity index (χ2v) is 5.59. The molecule has 1 aromatic carbocycles. The third-order valence-corrected chi connectivity index (χ3v) is 3.39. The molecule has 0 aliphatic rings. The van der Waals surface area contributed by atoms with Crippen molar-refractivity contribution < 1.29 is 54.2 Å². The maximum atomic E-state index is 11.2. The molecule has 11 heteroatoms. The molecule has 0 bridgehead atoms. The van der Waals surface area contributed by atoms with Crippen LogP contribution in [0.3, 0.4) is 0 Å². The Balaban J connectivity index is 0. The summed E-state index contributed by atoms with van der Waals surface area (Å²) in [5, 5.41) is 34.2. The van der Waals surface area contributed by atoms with Crippen LogP contribution in [0.25, 0.3) is 0 Å². The number of carbonyl (C=O) groups is 5. The Morgan fingerprint density at radius 1 is 0.724 bits per heavy atom. The largest absolute Gasteiger partial charge is 0.481 e. The van der Waals surface area contributed by atoms with E-state index in [1.54, 1.807) is 6.92 Å². The van der Waals surface area contributed by atoms with Gasteiger partial charge in [-0.15, -0.1) is 0 Å². The number of esters is 2. The molecular weight excluding hydrogens is 392 g/mol. The first-order valence-electron chi connectivity index (χ1n) is 7.92. The Labute approximate surface area is 166 Å². The van der Waals surface area contributed by atoms with Crippen LogP contribution in [0.2, 0.25) is 0 Å². The number of hydrogen-bond donors (Lipinski definition) is 4. The highest BCUT2D eigenvalue weighted by Crippen LogP contribution is 2.28. The van der Waals surface area contributed by atoms with Gasteiger partial charge < -0.3 is 20.1 Å². The van der Waals surface area contributed by atoms with Gasteiger partial charge in [0.25, 0.3) is 5.97 Å². The van der Waals surface area contributed by atoms with Crippen LogP contribution in [0, 0.1) is 20.8 Å². The van der Waals surface area contributed by atoms with Crippen molar-refractivity contribution in [2.75, 3.05) is 0 Å². The smallest absolute Gasteiger partial charge is 0.336 e. The topological polar surface area (TPSA) is 185 Å². The molecule has 0 aliphatic carbocycles. The van der Waals surface area contributed by atoms with Crippen LogP contribution in [0.1, 0.15) is 63.7 Å². The third-order valence-electron chi connectivity index (χ3n) is 3.39. The number of carbonyl (C=O) groups excluding carboxylic acids is 2. The van der Waals surface area contributed by atoms with Gasteiger partial charge in [0.15, 0.2) is 0 Å². The molecule has 1 aromatic rings. The minimum atomic E-state index is -1.31. The Hall–Kier alpha value is -3.31. The van der Waals surface area contributed by atoms with Gasteiger partial charge in [-0.25, -0.2) is 14.5 Å². The first-order valence-corrected chi connectivity index (χ1v) is 7.92. The van der Waals surface area contributed by atoms with Crippen LogP contribution in [-0.2, 0) is 30.6 Å². The molecule has 4 N–H and O–H groups in total. The highest BCUT2D eigenvalue weighted by atomic mass is 17.1. The van der Waals surface area contributed by atoms with Gasteiger partial charge in [-0.05, 0) is 43.0 Å². The second-order valence-electron chi connectivity index (χ2n) is 5.59. The van der Waals surface area contributed by atoms with Crippen LogP contribution in [-0.4, -0.2) is 50.4 Å². The number of hydrogen-bond acceptors (Lipinski definition) is 8. The van der Waals surface area contributed by atoms with E-state index >= 15 is 0 Å². The van der Waals surface area contributed by atoms with Gasteiger partial charge in [-0.1, -0.05) is 0 Å². The molecule has 11 nitrogen and oxygen atoms in total. The fourth-order valence-electron chi connectivity index (χ4n) is 2.24. The monoisotopic (exact) mass is 416 g/mol. The van der Waals surface area contributed by atoms with Crippen molar-refractivity contribution in [3.8, 4) is 0 Å². The van der Waals surface area contributed by atoms with E-state index in [0.29, 0.717) is 16.7 Å². The molecule has 0 fully saturated rings. The van der Waals surface area contributed by atoms with Gasteiger partial charge in [-0.3, -0.25) is 19.6 Å². The lowest BCUT2D eigenvalue weighted by molar-refractivity contribution is -0.253. The minimum absolute atomic E-state index is 0.182. The van der Waals surface area contributed by atoms with E-state index in [2.05, 4.69) is 9.62 Å². The Morgan fingerprint density at radius 2 is 1.07 bits per heavy atom. The van der Waals surface area contributed by atoms with E-state index < -0.39 is 29.8 Å². The lowest BCUT2D eigenvalue weighted by Gasteiger charge is -2.17. The van der Waals surface area contributed by atoms with Crippen LogP contribution in [0.5, 0.6) is 0 Å². The summed E-state index contributed by atoms with van der Waals surface area (Å²) in [7, 11) is 0. The number of benzene rings is 1. The van der Waals surface area contributed by atoms with Crippen molar-refractivity contribution in [2.24, 2.45) is 0 Å². The molecule has 29 heavy (non-hydrogen) atoms. The fourth-order valence-corrected chi connectivity index (χ4v) is 2.24. The number of ether oxygens (including phenoxy) is 1. The summed E-state index contributed by atoms with van der Waals surface area (Å²) in [6.45, 7) is 7.96. The number of aromatic carboxylic acids is 2. The van der Waals surface area contributed by atoms with E-state index in [4.69, 9.17) is 25.4 Å². The summed E-state index contributed by atoms with van der Waals surface area (Å²) >= 11 is 0. The standard InChI is InChI=1S/C12H14O6.C4H6O3.C2H4O2/c1-5-6(2)9(11(13)14)10(12(15)16)7(3)8(5)4-18-17;1-3(5)7-4(2)6;1-2(3)4/h17H,4H2,1-3H3,(H,13,14)(H,15,16);1-2H3;1H3,(H,3,4). The van der Waals surface area contributed by atoms with Crippen LogP contribution in [0.4, 0.5) is 0 Å². The number of carboxylic acids is 3. The lowest BCUT2D eigenvalue weighted by Crippen LogP contribution is -2.16. The Kier molecular flexibility index (Phi) is 12.5. The maximum absolute atomic E-state index is 11.2. The van der Waals surface area contributed by atoms with E-state index in [0.717, 1.165) is 6.92 Å². The summed E-state index contributed by atoms with van der Waals surface area (Å²) < 4.78 is 3.97. The van der Waals surface area contributed by atoms with Crippen molar-refractivity contribution in [2.45, 2.75) is 48.1 Å². The molecule has 0 spiro atoms. The van der Waals surface area contributed by atoms with Crippen LogP contribution in [0.15, 0.2) is 0 Å². The molecule has 1 rings (SSSR count). The van der Waals surface area contributed by atoms with Crippen molar-refractivity contribution in [3.05, 3.63) is 33.4 Å². The first-order chi connectivity index (χ1) is 13.2. The van der Waals surface area contributed by atoms with Crippen molar-refractivity contribution in [1.29, 1.82) is 0 Å². The van der Waals surface area contributed by atoms with Crippen molar-refractivity contribution in [1.82, 2.24) is 0 Å². The van der Waals surface area contributed by atoms with Crippen molar-refractivity contribution >= 4 is 29.8 Å². The van der Waals surface area contributed by atoms with E-state index in [-0.39, 0.29) is 23.3 Å². The van der Waals surface area contributed by atoms with Gasteiger partial charge in [0.2, 0.25) is 0 Å². The Bertz CT molecular complexity index is 778. The molecule has 0 aromatic heterocycles. The molecule has 0 saturated carbocycles. The summed E-state index contributed by atoms with van der Waals surface area (Å²) in [6.07, 6.45) is 0. The number of aliphatic carboxylic acids is 1. The van der Waals surface area contributed by atoms with Crippen LogP contribution < -0.4 is 0 Å². The van der Waals surface area contributed by atoms with Gasteiger partial charge in [0.05, 0.1) is 11.1 Å². The quantitative estimate of drug-likeness (QED) is 0.244. The molecule has 0 aliphatic heterocycles. The molecular formula is C18H24O11. The van der Waals surface area contributed by atoms with Gasteiger partial charge >= 0.3 is 23.9 Å². The fraction of sp³-hybridized carbons (Fsp3) is 0.389. The van der Waals surface area contributed by atoms with Gasteiger partial charge in [0.1, 0.15) is 6.61 Å². The van der Waals surface area contributed by atoms with Crippen LogP contribution >= 0.6 is 0 Å². The maximum Gasteiger partial charge on any atom is 0.336 e. The number of carboxylic acid groups (broad SMARTS) is 3. The zero-order chi connectivity index (χ0) is 23.5. The van der Waals surface area contributed by atoms with E-state index in [1.807, 2.05) is 0 Å². The average Bonchev–Trinajstić information content (AvgIpc) is 2.52. The van der Waals surface area contributed by atoms with E-state index in [1.165, 1.54) is 27.7 Å². The molecule has 0 unspecified atom stereocenters. The molecule has 162 valence electrons. The third kappa shape index (κ3) is 9.98. The SMILES string of the molecule is CC(=O)O.CC(=O)OC(C)=O.Cc1c(C)c(C(=O)O)c(C(=O)O)c(C)c1COO. The molecule has 0 heterocycles. The summed E-state index contributed by atoms with van der Waals surface area (Å²) in [5.41, 5.74) is 1.24. The normalized spacial score (nSPS) is 9.21. The van der Waals surface area contributed by atoms with Gasteiger partial charge in [-0.2, -0.15) is 0 Å². The summed E-state index contributed by atoms with van der Waals surface area (Å²) in [5.74, 6) is -4.56. The zero-order valence-electron chi connectivity index (χ0n) is 16.9. The Morgan fingerprint density at radius 3 is 1.31 bits per heavy atom. The zero-order valence-corrected chi connectivity index (χ0v) is 16.9.